The van der Waals surface area contributed by atoms with E-state index in [4.69, 9.17) is 0 Å². The van der Waals surface area contributed by atoms with Gasteiger partial charge in [0.05, 0.1) is 16.0 Å². The van der Waals surface area contributed by atoms with Gasteiger partial charge in [-0.25, -0.2) is 0 Å². The number of rotatable bonds is 2. The molecule has 0 fully saturated rings. The van der Waals surface area contributed by atoms with Gasteiger partial charge in [0.2, 0.25) is 0 Å². The molecule has 1 heterocycles. The van der Waals surface area contributed by atoms with Crippen LogP contribution in [0, 0.1) is 5.41 Å². The SMILES string of the molecule is CC(C)(C)C1=C(Nc2cccc3c2sc2c(C(F)(F)F)cccc23)C=CCC1. The maximum absolute atomic E-state index is 13.5. The zero-order valence-electron chi connectivity index (χ0n) is 16.1. The molecule has 0 bridgehead atoms. The fourth-order valence-corrected chi connectivity index (χ4v) is 5.15. The van der Waals surface area contributed by atoms with Gasteiger partial charge in [-0.3, -0.25) is 0 Å². The molecule has 5 heteroatoms. The predicted molar refractivity (Wildman–Crippen MR) is 113 cm³/mol. The second-order valence-electron chi connectivity index (χ2n) is 8.17. The molecule has 0 atom stereocenters. The van der Waals surface area contributed by atoms with Crippen LogP contribution in [0.5, 0.6) is 0 Å². The van der Waals surface area contributed by atoms with Crippen LogP contribution in [0.15, 0.2) is 59.8 Å². The Kier molecular flexibility index (Phi) is 4.53. The Labute approximate surface area is 166 Å². The van der Waals surface area contributed by atoms with Crippen LogP contribution in [0.4, 0.5) is 18.9 Å². The van der Waals surface area contributed by atoms with Crippen LogP contribution in [0.2, 0.25) is 0 Å². The Hall–Kier alpha value is -2.27. The second-order valence-corrected chi connectivity index (χ2v) is 9.19. The van der Waals surface area contributed by atoms with Crippen molar-refractivity contribution in [1.82, 2.24) is 0 Å². The topological polar surface area (TPSA) is 12.0 Å². The summed E-state index contributed by atoms with van der Waals surface area (Å²) in [7, 11) is 0. The highest BCUT2D eigenvalue weighted by atomic mass is 32.1. The van der Waals surface area contributed by atoms with Gasteiger partial charge < -0.3 is 5.32 Å². The highest BCUT2D eigenvalue weighted by molar-refractivity contribution is 7.26. The van der Waals surface area contributed by atoms with Crippen molar-refractivity contribution in [2.45, 2.75) is 39.8 Å². The van der Waals surface area contributed by atoms with Crippen molar-refractivity contribution in [2.24, 2.45) is 5.41 Å². The fraction of sp³-hybridized carbons (Fsp3) is 0.304. The zero-order chi connectivity index (χ0) is 20.1. The molecular weight excluding hydrogens is 379 g/mol. The van der Waals surface area contributed by atoms with E-state index < -0.39 is 11.7 Å². The molecule has 1 nitrogen and oxygen atoms in total. The van der Waals surface area contributed by atoms with Crippen LogP contribution < -0.4 is 5.32 Å². The minimum atomic E-state index is -4.36. The Balaban J connectivity index is 1.90. The number of hydrogen-bond donors (Lipinski definition) is 1. The number of anilines is 1. The lowest BCUT2D eigenvalue weighted by atomic mass is 9.80. The summed E-state index contributed by atoms with van der Waals surface area (Å²) in [6, 6.07) is 10.2. The molecule has 0 radical (unpaired) electrons. The summed E-state index contributed by atoms with van der Waals surface area (Å²) in [6.45, 7) is 6.58. The minimum Gasteiger partial charge on any atom is -0.354 e. The van der Waals surface area contributed by atoms with Gasteiger partial charge in [-0.2, -0.15) is 13.2 Å². The van der Waals surface area contributed by atoms with E-state index in [1.54, 1.807) is 6.07 Å². The van der Waals surface area contributed by atoms with E-state index in [-0.39, 0.29) is 5.41 Å². The summed E-state index contributed by atoms with van der Waals surface area (Å²) in [6.07, 6.45) is 1.88. The molecular formula is C23H22F3NS. The molecule has 146 valence electrons. The molecule has 0 aliphatic heterocycles. The molecule has 1 aliphatic carbocycles. The van der Waals surface area contributed by atoms with Crippen LogP contribution in [0.3, 0.4) is 0 Å². The van der Waals surface area contributed by atoms with Crippen molar-refractivity contribution < 1.29 is 13.2 Å². The molecule has 0 saturated heterocycles. The molecule has 2 aromatic carbocycles. The lowest BCUT2D eigenvalue weighted by Crippen LogP contribution is -2.16. The van der Waals surface area contributed by atoms with E-state index in [1.165, 1.54) is 23.0 Å². The largest absolute Gasteiger partial charge is 0.417 e. The molecule has 1 aromatic heterocycles. The Morgan fingerprint density at radius 1 is 0.929 bits per heavy atom. The van der Waals surface area contributed by atoms with Crippen molar-refractivity contribution >= 4 is 37.2 Å². The smallest absolute Gasteiger partial charge is 0.354 e. The van der Waals surface area contributed by atoms with Crippen molar-refractivity contribution in [2.75, 3.05) is 5.32 Å². The number of nitrogens with one attached hydrogen (secondary N) is 1. The molecule has 1 aliphatic rings. The van der Waals surface area contributed by atoms with E-state index >= 15 is 0 Å². The second kappa shape index (κ2) is 6.66. The minimum absolute atomic E-state index is 0.0323. The van der Waals surface area contributed by atoms with E-state index in [0.29, 0.717) is 10.1 Å². The first-order valence-corrected chi connectivity index (χ1v) is 10.2. The maximum atomic E-state index is 13.5. The average molecular weight is 401 g/mol. The molecule has 0 saturated carbocycles. The van der Waals surface area contributed by atoms with Gasteiger partial charge in [-0.1, -0.05) is 51.1 Å². The Morgan fingerprint density at radius 3 is 2.29 bits per heavy atom. The number of benzene rings is 2. The van der Waals surface area contributed by atoms with Gasteiger partial charge >= 0.3 is 6.18 Å². The molecule has 28 heavy (non-hydrogen) atoms. The lowest BCUT2D eigenvalue weighted by Gasteiger charge is -2.28. The molecule has 1 N–H and O–H groups in total. The van der Waals surface area contributed by atoms with Gasteiger partial charge in [-0.15, -0.1) is 11.3 Å². The Morgan fingerprint density at radius 2 is 1.61 bits per heavy atom. The number of fused-ring (bicyclic) bond motifs is 3. The number of alkyl halides is 3. The van der Waals surface area contributed by atoms with Gasteiger partial charge in [0.25, 0.3) is 0 Å². The quantitative estimate of drug-likeness (QED) is 0.457. The van der Waals surface area contributed by atoms with E-state index in [9.17, 15) is 13.2 Å². The van der Waals surface area contributed by atoms with Gasteiger partial charge in [0.1, 0.15) is 0 Å². The summed E-state index contributed by atoms with van der Waals surface area (Å²) in [5, 5.41) is 5.03. The monoisotopic (exact) mass is 401 g/mol. The molecule has 0 spiro atoms. The third-order valence-electron chi connectivity index (χ3n) is 5.18. The summed E-state index contributed by atoms with van der Waals surface area (Å²) in [5.74, 6) is 0. The number of halogens is 3. The van der Waals surface area contributed by atoms with Crippen molar-refractivity contribution in [3.63, 3.8) is 0 Å². The van der Waals surface area contributed by atoms with E-state index in [0.717, 1.165) is 40.4 Å². The van der Waals surface area contributed by atoms with Crippen molar-refractivity contribution in [3.05, 3.63) is 65.4 Å². The Bertz CT molecular complexity index is 1110. The highest BCUT2D eigenvalue weighted by Gasteiger charge is 2.33. The fourth-order valence-electron chi connectivity index (χ4n) is 3.85. The molecule has 0 amide bonds. The van der Waals surface area contributed by atoms with Crippen LogP contribution in [0.25, 0.3) is 20.2 Å². The van der Waals surface area contributed by atoms with Crippen LogP contribution >= 0.6 is 11.3 Å². The van der Waals surface area contributed by atoms with E-state index in [2.05, 4.69) is 38.2 Å². The standard InChI is InChI=1S/C23H22F3NS/c1-22(2,3)16-10-4-5-12-18(16)27-19-13-7-9-15-14-8-6-11-17(23(24,25)26)20(14)28-21(15)19/h5-9,11-13,27H,4,10H2,1-3H3. The van der Waals surface area contributed by atoms with E-state index in [1.807, 2.05) is 18.2 Å². The predicted octanol–water partition coefficient (Wildman–Crippen LogP) is 8.14. The first-order chi connectivity index (χ1) is 13.2. The third kappa shape index (κ3) is 3.32. The molecule has 3 aromatic rings. The number of allylic oxidation sites excluding steroid dienone is 3. The first-order valence-electron chi connectivity index (χ1n) is 9.35. The molecule has 0 unspecified atom stereocenters. The highest BCUT2D eigenvalue weighted by Crippen LogP contribution is 2.45. The summed E-state index contributed by atoms with van der Waals surface area (Å²) in [4.78, 5) is 0. The third-order valence-corrected chi connectivity index (χ3v) is 6.46. The normalized spacial score (nSPS) is 15.6. The molecule has 4 rings (SSSR count). The van der Waals surface area contributed by atoms with Crippen LogP contribution in [-0.2, 0) is 6.18 Å². The maximum Gasteiger partial charge on any atom is 0.417 e. The summed E-state index contributed by atoms with van der Waals surface area (Å²) < 4.78 is 41.6. The van der Waals surface area contributed by atoms with Crippen LogP contribution in [0.1, 0.15) is 39.2 Å². The van der Waals surface area contributed by atoms with Crippen molar-refractivity contribution in [3.8, 4) is 0 Å². The summed E-state index contributed by atoms with van der Waals surface area (Å²) >= 11 is 1.21. The zero-order valence-corrected chi connectivity index (χ0v) is 16.9. The van der Waals surface area contributed by atoms with Gasteiger partial charge in [-0.05, 0) is 42.0 Å². The van der Waals surface area contributed by atoms with Gasteiger partial charge in [0, 0.05) is 21.2 Å². The van der Waals surface area contributed by atoms with Crippen LogP contribution in [-0.4, -0.2) is 0 Å². The number of thiophene rings is 1. The van der Waals surface area contributed by atoms with Gasteiger partial charge in [0.15, 0.2) is 0 Å². The number of hydrogen-bond acceptors (Lipinski definition) is 2. The van der Waals surface area contributed by atoms with Crippen molar-refractivity contribution in [1.29, 1.82) is 0 Å². The lowest BCUT2D eigenvalue weighted by molar-refractivity contribution is -0.136. The average Bonchev–Trinajstić information content (AvgIpc) is 3.00. The first kappa shape index (κ1) is 19.1. The summed E-state index contributed by atoms with van der Waals surface area (Å²) in [5.41, 5.74) is 2.72.